The summed E-state index contributed by atoms with van der Waals surface area (Å²) in [5.74, 6) is 0.685. The molecule has 27 heavy (non-hydrogen) atoms. The first-order chi connectivity index (χ1) is 13.0. The number of nitrogens with one attached hydrogen (secondary N) is 1. The van der Waals surface area contributed by atoms with Gasteiger partial charge in [0.1, 0.15) is 10.6 Å². The third-order valence-corrected chi connectivity index (χ3v) is 5.62. The molecule has 0 spiro atoms. The molecule has 3 rings (SSSR count). The van der Waals surface area contributed by atoms with Crippen molar-refractivity contribution in [3.63, 3.8) is 0 Å². The lowest BCUT2D eigenvalue weighted by molar-refractivity contribution is 0.0943. The lowest BCUT2D eigenvalue weighted by atomic mass is 10.1. The summed E-state index contributed by atoms with van der Waals surface area (Å²) in [5, 5.41) is 3.85. The fourth-order valence-corrected chi connectivity index (χ4v) is 3.69. The van der Waals surface area contributed by atoms with Crippen molar-refractivity contribution in [2.45, 2.75) is 19.9 Å². The molecule has 5 nitrogen and oxygen atoms in total. The second kappa shape index (κ2) is 8.22. The van der Waals surface area contributed by atoms with Crippen LogP contribution in [0.15, 0.2) is 54.6 Å². The first-order valence-electron chi connectivity index (χ1n) is 8.70. The predicted molar refractivity (Wildman–Crippen MR) is 110 cm³/mol. The molecule has 0 fully saturated rings. The Morgan fingerprint density at radius 2 is 1.81 bits per heavy atom. The summed E-state index contributed by atoms with van der Waals surface area (Å²) in [6.07, 6.45) is 0. The number of thiazole rings is 1. The van der Waals surface area contributed by atoms with Crippen molar-refractivity contribution in [3.05, 3.63) is 70.7 Å². The van der Waals surface area contributed by atoms with Crippen LogP contribution < -0.4 is 15.0 Å². The Morgan fingerprint density at radius 1 is 1.15 bits per heavy atom. The van der Waals surface area contributed by atoms with Crippen molar-refractivity contribution in [3.8, 4) is 5.75 Å². The summed E-state index contributed by atoms with van der Waals surface area (Å²) in [4.78, 5) is 20.0. The summed E-state index contributed by atoms with van der Waals surface area (Å²) in [5.41, 5.74) is 2.79. The van der Waals surface area contributed by atoms with Gasteiger partial charge in [0.2, 0.25) is 0 Å². The van der Waals surface area contributed by atoms with Gasteiger partial charge in [-0.15, -0.1) is 0 Å². The molecule has 1 aromatic heterocycles. The number of carbonyl (C=O) groups excluding carboxylic acids is 1. The van der Waals surface area contributed by atoms with Gasteiger partial charge in [-0.3, -0.25) is 4.79 Å². The van der Waals surface area contributed by atoms with Crippen LogP contribution in [-0.2, 0) is 0 Å². The van der Waals surface area contributed by atoms with E-state index in [-0.39, 0.29) is 11.9 Å². The summed E-state index contributed by atoms with van der Waals surface area (Å²) < 4.78 is 5.18. The van der Waals surface area contributed by atoms with Crippen molar-refractivity contribution < 1.29 is 9.53 Å². The minimum Gasteiger partial charge on any atom is -0.497 e. The Morgan fingerprint density at radius 3 is 2.44 bits per heavy atom. The van der Waals surface area contributed by atoms with Gasteiger partial charge in [0.25, 0.3) is 5.91 Å². The zero-order chi connectivity index (χ0) is 19.4. The van der Waals surface area contributed by atoms with Crippen LogP contribution in [0.3, 0.4) is 0 Å². The molecule has 140 valence electrons. The average Bonchev–Trinajstić information content (AvgIpc) is 3.10. The summed E-state index contributed by atoms with van der Waals surface area (Å²) in [6.45, 7) is 3.83. The zero-order valence-corrected chi connectivity index (χ0v) is 16.7. The van der Waals surface area contributed by atoms with Crippen LogP contribution in [0.5, 0.6) is 5.75 Å². The first kappa shape index (κ1) is 18.9. The van der Waals surface area contributed by atoms with Gasteiger partial charge in [-0.05, 0) is 43.7 Å². The number of nitrogens with zero attached hydrogens (tertiary/aromatic N) is 2. The third kappa shape index (κ3) is 4.28. The SMILES string of the molecule is COc1ccc([C@H](C)NC(=O)c2sc(N(C)c3ccccc3)nc2C)cc1. The monoisotopic (exact) mass is 381 g/mol. The predicted octanol–water partition coefficient (Wildman–Crippen LogP) is 4.72. The number of para-hydroxylation sites is 1. The highest BCUT2D eigenvalue weighted by Crippen LogP contribution is 2.30. The van der Waals surface area contributed by atoms with E-state index in [1.54, 1.807) is 7.11 Å². The quantitative estimate of drug-likeness (QED) is 0.671. The fourth-order valence-electron chi connectivity index (χ4n) is 2.74. The lowest BCUT2D eigenvalue weighted by Gasteiger charge is -2.15. The number of hydrogen-bond donors (Lipinski definition) is 1. The molecule has 1 atom stereocenters. The molecule has 0 saturated heterocycles. The van der Waals surface area contributed by atoms with Crippen molar-refractivity contribution in [1.82, 2.24) is 10.3 Å². The van der Waals surface area contributed by atoms with Crippen LogP contribution in [0, 0.1) is 6.92 Å². The summed E-state index contributed by atoms with van der Waals surface area (Å²) in [6, 6.07) is 17.6. The van der Waals surface area contributed by atoms with E-state index in [4.69, 9.17) is 4.74 Å². The fraction of sp³-hybridized carbons (Fsp3) is 0.238. The maximum Gasteiger partial charge on any atom is 0.263 e. The van der Waals surface area contributed by atoms with Crippen molar-refractivity contribution in [1.29, 1.82) is 0 Å². The van der Waals surface area contributed by atoms with Gasteiger partial charge >= 0.3 is 0 Å². The minimum absolute atomic E-state index is 0.110. The number of benzene rings is 2. The van der Waals surface area contributed by atoms with Crippen LogP contribution in [0.2, 0.25) is 0 Å². The van der Waals surface area contributed by atoms with Gasteiger partial charge in [0, 0.05) is 12.7 Å². The molecule has 0 aliphatic heterocycles. The molecular weight excluding hydrogens is 358 g/mol. The van der Waals surface area contributed by atoms with Gasteiger partial charge in [0.05, 0.1) is 18.8 Å². The molecule has 6 heteroatoms. The van der Waals surface area contributed by atoms with E-state index in [1.165, 1.54) is 11.3 Å². The number of aryl methyl sites for hydroxylation is 1. The highest BCUT2D eigenvalue weighted by molar-refractivity contribution is 7.17. The van der Waals surface area contributed by atoms with Gasteiger partial charge < -0.3 is 15.0 Å². The standard InChI is InChI=1S/C21H23N3O2S/c1-14(16-10-12-18(26-4)13-11-16)22-20(25)19-15(2)23-21(27-19)24(3)17-8-6-5-7-9-17/h5-14H,1-4H3,(H,22,25)/t14-/m0/s1. The van der Waals surface area contributed by atoms with E-state index in [1.807, 2.05) is 80.4 Å². The second-order valence-electron chi connectivity index (χ2n) is 6.27. The molecule has 1 amide bonds. The van der Waals surface area contributed by atoms with Gasteiger partial charge in [-0.1, -0.05) is 41.7 Å². The van der Waals surface area contributed by atoms with Crippen molar-refractivity contribution in [2.24, 2.45) is 0 Å². The average molecular weight is 382 g/mol. The lowest BCUT2D eigenvalue weighted by Crippen LogP contribution is -2.26. The van der Waals surface area contributed by atoms with E-state index < -0.39 is 0 Å². The number of ether oxygens (including phenoxy) is 1. The van der Waals surface area contributed by atoms with Crippen molar-refractivity contribution >= 4 is 28.1 Å². The topological polar surface area (TPSA) is 54.5 Å². The summed E-state index contributed by atoms with van der Waals surface area (Å²) >= 11 is 1.40. The molecule has 0 aliphatic carbocycles. The number of methoxy groups -OCH3 is 1. The Kier molecular flexibility index (Phi) is 5.76. The van der Waals surface area contributed by atoms with E-state index in [2.05, 4.69) is 10.3 Å². The smallest absolute Gasteiger partial charge is 0.263 e. The molecular formula is C21H23N3O2S. The second-order valence-corrected chi connectivity index (χ2v) is 7.25. The Hall–Kier alpha value is -2.86. The van der Waals surface area contributed by atoms with Crippen LogP contribution in [0.1, 0.15) is 33.9 Å². The molecule has 1 N–H and O–H groups in total. The number of carbonyl (C=O) groups is 1. The molecule has 0 saturated carbocycles. The molecule has 0 radical (unpaired) electrons. The molecule has 0 aliphatic rings. The van der Waals surface area contributed by atoms with E-state index in [9.17, 15) is 4.79 Å². The Bertz CT molecular complexity index is 907. The van der Waals surface area contributed by atoms with Crippen molar-refractivity contribution in [2.75, 3.05) is 19.1 Å². The Balaban J connectivity index is 1.74. The van der Waals surface area contributed by atoms with Gasteiger partial charge in [0.15, 0.2) is 5.13 Å². The maximum absolute atomic E-state index is 12.8. The number of hydrogen-bond acceptors (Lipinski definition) is 5. The molecule has 0 unspecified atom stereocenters. The minimum atomic E-state index is -0.111. The molecule has 2 aromatic carbocycles. The number of amides is 1. The largest absolute Gasteiger partial charge is 0.497 e. The third-order valence-electron chi connectivity index (χ3n) is 4.39. The van der Waals surface area contributed by atoms with Crippen LogP contribution in [0.25, 0.3) is 0 Å². The number of aromatic nitrogens is 1. The first-order valence-corrected chi connectivity index (χ1v) is 9.52. The molecule has 1 heterocycles. The highest BCUT2D eigenvalue weighted by Gasteiger charge is 2.20. The van der Waals surface area contributed by atoms with Gasteiger partial charge in [-0.25, -0.2) is 4.98 Å². The van der Waals surface area contributed by atoms with E-state index in [0.717, 1.165) is 27.8 Å². The zero-order valence-electron chi connectivity index (χ0n) is 15.9. The van der Waals surface area contributed by atoms with Crippen LogP contribution in [0.4, 0.5) is 10.8 Å². The number of anilines is 2. The van der Waals surface area contributed by atoms with Crippen LogP contribution in [-0.4, -0.2) is 25.0 Å². The maximum atomic E-state index is 12.8. The highest BCUT2D eigenvalue weighted by atomic mass is 32.1. The normalized spacial score (nSPS) is 11.7. The van der Waals surface area contributed by atoms with Crippen LogP contribution >= 0.6 is 11.3 Å². The molecule has 0 bridgehead atoms. The molecule has 3 aromatic rings. The van der Waals surface area contributed by atoms with E-state index in [0.29, 0.717) is 4.88 Å². The van der Waals surface area contributed by atoms with E-state index >= 15 is 0 Å². The number of rotatable bonds is 6. The summed E-state index contributed by atoms with van der Waals surface area (Å²) in [7, 11) is 3.59. The van der Waals surface area contributed by atoms with Gasteiger partial charge in [-0.2, -0.15) is 0 Å². The Labute approximate surface area is 163 Å².